The lowest BCUT2D eigenvalue weighted by atomic mass is 10.2. The van der Waals surface area contributed by atoms with Crippen LogP contribution in [0.4, 0.5) is 11.8 Å². The van der Waals surface area contributed by atoms with Crippen LogP contribution in [0, 0.1) is 0 Å². The Balaban J connectivity index is 1.38. The van der Waals surface area contributed by atoms with Crippen molar-refractivity contribution >= 4 is 56.8 Å². The fraction of sp³-hybridized carbons (Fsp3) is 0.200. The van der Waals surface area contributed by atoms with Crippen molar-refractivity contribution in [3.05, 3.63) is 62.9 Å². The van der Waals surface area contributed by atoms with Crippen molar-refractivity contribution in [3.8, 4) is 0 Å². The molecule has 3 N–H and O–H groups in total. The van der Waals surface area contributed by atoms with Crippen molar-refractivity contribution in [1.82, 2.24) is 15.0 Å². The zero-order chi connectivity index (χ0) is 19.7. The van der Waals surface area contributed by atoms with Crippen LogP contribution in [0.15, 0.2) is 47.3 Å². The van der Waals surface area contributed by atoms with Gasteiger partial charge in [-0.25, -0.2) is 4.98 Å². The monoisotopic (exact) mass is 415 g/mol. The second kappa shape index (κ2) is 7.73. The van der Waals surface area contributed by atoms with E-state index in [4.69, 9.17) is 23.2 Å². The molecular formula is C20H19Cl2N5O. The summed E-state index contributed by atoms with van der Waals surface area (Å²) in [5, 5.41) is 5.96. The van der Waals surface area contributed by atoms with Gasteiger partial charge in [0, 0.05) is 36.1 Å². The van der Waals surface area contributed by atoms with Gasteiger partial charge in [-0.3, -0.25) is 9.78 Å². The van der Waals surface area contributed by atoms with Crippen LogP contribution < -0.4 is 15.8 Å². The number of hydrogen-bond acceptors (Lipinski definition) is 4. The summed E-state index contributed by atoms with van der Waals surface area (Å²) in [6, 6.07) is 12.9. The summed E-state index contributed by atoms with van der Waals surface area (Å²) in [4.78, 5) is 24.8. The molecule has 2 aromatic heterocycles. The Morgan fingerprint density at radius 2 is 1.93 bits per heavy atom. The topological polar surface area (TPSA) is 76.8 Å². The number of hydrogen-bond donors (Lipinski definition) is 3. The summed E-state index contributed by atoms with van der Waals surface area (Å²) >= 11 is 12.3. The lowest BCUT2D eigenvalue weighted by Gasteiger charge is -2.17. The Kier molecular flexibility index (Phi) is 5.15. The van der Waals surface area contributed by atoms with Crippen LogP contribution in [0.2, 0.25) is 10.0 Å². The molecule has 8 heteroatoms. The second-order valence-corrected chi connectivity index (χ2v) is 7.48. The lowest BCUT2D eigenvalue weighted by Crippen LogP contribution is -2.22. The third kappa shape index (κ3) is 3.79. The van der Waals surface area contributed by atoms with Gasteiger partial charge in [-0.05, 0) is 36.8 Å². The predicted molar refractivity (Wildman–Crippen MR) is 117 cm³/mol. The number of nitrogens with zero attached hydrogens (tertiary/aromatic N) is 2. The molecule has 0 saturated heterocycles. The highest BCUT2D eigenvalue weighted by molar-refractivity contribution is 6.38. The van der Waals surface area contributed by atoms with Gasteiger partial charge in [-0.1, -0.05) is 35.3 Å². The van der Waals surface area contributed by atoms with Gasteiger partial charge in [0.25, 0.3) is 5.56 Å². The summed E-state index contributed by atoms with van der Waals surface area (Å²) in [6.45, 7) is 1.49. The van der Waals surface area contributed by atoms with Crippen LogP contribution in [0.1, 0.15) is 6.42 Å². The number of aromatic nitrogens is 3. The van der Waals surface area contributed by atoms with Crippen molar-refractivity contribution in [2.24, 2.45) is 0 Å². The van der Waals surface area contributed by atoms with Gasteiger partial charge in [-0.15, -0.1) is 0 Å². The predicted octanol–water partition coefficient (Wildman–Crippen LogP) is 4.65. The van der Waals surface area contributed by atoms with E-state index in [1.54, 1.807) is 12.1 Å². The molecule has 0 unspecified atom stereocenters. The molecule has 2 heterocycles. The maximum Gasteiger partial charge on any atom is 0.260 e. The zero-order valence-corrected chi connectivity index (χ0v) is 16.7. The van der Waals surface area contributed by atoms with Crippen molar-refractivity contribution in [2.75, 3.05) is 30.4 Å². The highest BCUT2D eigenvalue weighted by Gasteiger charge is 2.09. The van der Waals surface area contributed by atoms with E-state index in [1.807, 2.05) is 37.4 Å². The number of aromatic amines is 2. The largest absolute Gasteiger partial charge is 0.361 e. The smallest absolute Gasteiger partial charge is 0.260 e. The first-order chi connectivity index (χ1) is 13.5. The fourth-order valence-corrected chi connectivity index (χ4v) is 3.71. The standard InChI is InChI=1S/C20H19Cl2N5O/c1-27(18-11-14-15(22)9-12(21)10-17(14)24-18)8-4-7-23-20-25-16-6-3-2-5-13(16)19(28)26-20/h2-3,5-6,9-11,24H,4,7-8H2,1H3,(H2,23,25,26,28). The molecular weight excluding hydrogens is 397 g/mol. The van der Waals surface area contributed by atoms with Crippen molar-refractivity contribution in [2.45, 2.75) is 6.42 Å². The van der Waals surface area contributed by atoms with E-state index >= 15 is 0 Å². The molecule has 0 atom stereocenters. The van der Waals surface area contributed by atoms with E-state index in [9.17, 15) is 4.79 Å². The number of anilines is 2. The zero-order valence-electron chi connectivity index (χ0n) is 15.2. The molecule has 0 aliphatic rings. The van der Waals surface area contributed by atoms with Crippen molar-refractivity contribution < 1.29 is 0 Å². The summed E-state index contributed by atoms with van der Waals surface area (Å²) in [5.74, 6) is 1.45. The summed E-state index contributed by atoms with van der Waals surface area (Å²) in [5.41, 5.74) is 1.45. The van der Waals surface area contributed by atoms with Crippen LogP contribution in [-0.2, 0) is 0 Å². The summed E-state index contributed by atoms with van der Waals surface area (Å²) in [6.07, 6.45) is 0.858. The quantitative estimate of drug-likeness (QED) is 0.400. The first-order valence-corrected chi connectivity index (χ1v) is 9.69. The molecule has 0 aliphatic carbocycles. The van der Waals surface area contributed by atoms with E-state index in [0.29, 0.717) is 33.4 Å². The number of rotatable bonds is 6. The number of halogens is 2. The highest BCUT2D eigenvalue weighted by atomic mass is 35.5. The minimum absolute atomic E-state index is 0.140. The molecule has 28 heavy (non-hydrogen) atoms. The average molecular weight is 416 g/mol. The van der Waals surface area contributed by atoms with E-state index in [-0.39, 0.29) is 5.56 Å². The van der Waals surface area contributed by atoms with Crippen molar-refractivity contribution in [1.29, 1.82) is 0 Å². The molecule has 0 spiro atoms. The van der Waals surface area contributed by atoms with Gasteiger partial charge in [0.05, 0.1) is 15.9 Å². The molecule has 6 nitrogen and oxygen atoms in total. The Hall–Kier alpha value is -2.70. The number of H-pyrrole nitrogens is 2. The van der Waals surface area contributed by atoms with E-state index in [2.05, 4.69) is 25.2 Å². The number of para-hydroxylation sites is 1. The van der Waals surface area contributed by atoms with Gasteiger partial charge in [0.1, 0.15) is 5.82 Å². The normalized spacial score (nSPS) is 11.2. The van der Waals surface area contributed by atoms with Gasteiger partial charge < -0.3 is 15.2 Å². The third-order valence-corrected chi connectivity index (χ3v) is 5.16. The van der Waals surface area contributed by atoms with Gasteiger partial charge >= 0.3 is 0 Å². The molecule has 0 saturated carbocycles. The van der Waals surface area contributed by atoms with E-state index in [0.717, 1.165) is 29.7 Å². The summed E-state index contributed by atoms with van der Waals surface area (Å²) < 4.78 is 0. The average Bonchev–Trinajstić information content (AvgIpc) is 3.10. The van der Waals surface area contributed by atoms with Gasteiger partial charge in [-0.2, -0.15) is 0 Å². The van der Waals surface area contributed by atoms with Crippen LogP contribution >= 0.6 is 23.2 Å². The maximum atomic E-state index is 12.1. The molecule has 0 bridgehead atoms. The van der Waals surface area contributed by atoms with Crippen molar-refractivity contribution in [3.63, 3.8) is 0 Å². The minimum atomic E-state index is -0.140. The molecule has 0 amide bonds. The first-order valence-electron chi connectivity index (χ1n) is 8.93. The van der Waals surface area contributed by atoms with Gasteiger partial charge in [0.2, 0.25) is 5.95 Å². The van der Waals surface area contributed by atoms with Crippen LogP contribution in [0.3, 0.4) is 0 Å². The SMILES string of the molecule is CN(CCCNc1nc2ccccc2c(=O)[nH]1)c1cc2c(Cl)cc(Cl)cc2[nH]1. The second-order valence-electron chi connectivity index (χ2n) is 6.64. The maximum absolute atomic E-state index is 12.1. The Morgan fingerprint density at radius 1 is 1.11 bits per heavy atom. The molecule has 4 rings (SSSR count). The lowest BCUT2D eigenvalue weighted by molar-refractivity contribution is 0.804. The molecule has 0 aliphatic heterocycles. The third-order valence-electron chi connectivity index (χ3n) is 4.62. The van der Waals surface area contributed by atoms with E-state index in [1.165, 1.54) is 0 Å². The summed E-state index contributed by atoms with van der Waals surface area (Å²) in [7, 11) is 2.01. The van der Waals surface area contributed by atoms with Crippen LogP contribution in [0.25, 0.3) is 21.8 Å². The molecule has 2 aromatic carbocycles. The molecule has 144 valence electrons. The number of fused-ring (bicyclic) bond motifs is 2. The Labute approximate surface area is 171 Å². The van der Waals surface area contributed by atoms with Gasteiger partial charge in [0.15, 0.2) is 0 Å². The first kappa shape index (κ1) is 18.7. The highest BCUT2D eigenvalue weighted by Crippen LogP contribution is 2.30. The Bertz CT molecular complexity index is 1200. The Morgan fingerprint density at radius 3 is 2.79 bits per heavy atom. The number of benzene rings is 2. The van der Waals surface area contributed by atoms with Crippen LogP contribution in [0.5, 0.6) is 0 Å². The number of nitrogens with one attached hydrogen (secondary N) is 3. The molecule has 0 radical (unpaired) electrons. The van der Waals surface area contributed by atoms with Crippen LogP contribution in [-0.4, -0.2) is 35.1 Å². The fourth-order valence-electron chi connectivity index (χ4n) is 3.16. The van der Waals surface area contributed by atoms with E-state index < -0.39 is 0 Å². The molecule has 0 fully saturated rings. The molecule has 4 aromatic rings. The minimum Gasteiger partial charge on any atom is -0.361 e.